The number of nitrogens with zero attached hydrogens (tertiary/aromatic N) is 1. The molecule has 1 aliphatic carbocycles. The lowest BCUT2D eigenvalue weighted by Crippen LogP contribution is -2.33. The number of thiazole rings is 1. The summed E-state index contributed by atoms with van der Waals surface area (Å²) < 4.78 is 0. The Kier molecular flexibility index (Phi) is 3.90. The lowest BCUT2D eigenvalue weighted by atomic mass is 9.68. The fraction of sp³-hybridized carbons (Fsp3) is 0.733. The van der Waals surface area contributed by atoms with Crippen LogP contribution in [0.25, 0.3) is 0 Å². The van der Waals surface area contributed by atoms with Gasteiger partial charge in [-0.15, -0.1) is 11.3 Å². The Morgan fingerprint density at radius 3 is 2.72 bits per heavy atom. The number of Topliss-reactive ketones (excluding diaryl/α,β-unsaturated/α-hetero) is 1. The summed E-state index contributed by atoms with van der Waals surface area (Å²) in [5, 5.41) is 3.20. The second-order valence-electron chi connectivity index (χ2n) is 6.56. The lowest BCUT2D eigenvalue weighted by molar-refractivity contribution is -0.126. The number of carbonyl (C=O) groups excluding carboxylic acids is 1. The van der Waals surface area contributed by atoms with Gasteiger partial charge in [0, 0.05) is 24.1 Å². The minimum Gasteiger partial charge on any atom is -0.299 e. The molecule has 18 heavy (non-hydrogen) atoms. The fourth-order valence-corrected chi connectivity index (χ4v) is 3.48. The maximum absolute atomic E-state index is 12.1. The molecule has 1 saturated carbocycles. The van der Waals surface area contributed by atoms with Gasteiger partial charge < -0.3 is 0 Å². The number of ketones is 1. The summed E-state index contributed by atoms with van der Waals surface area (Å²) in [6.45, 7) is 8.89. The highest BCUT2D eigenvalue weighted by Gasteiger charge is 2.35. The predicted octanol–water partition coefficient (Wildman–Crippen LogP) is 4.03. The molecular weight excluding hydrogens is 242 g/mol. The van der Waals surface area contributed by atoms with Crippen LogP contribution in [0.3, 0.4) is 0 Å². The zero-order valence-electron chi connectivity index (χ0n) is 11.8. The number of hydrogen-bond donors (Lipinski definition) is 0. The predicted molar refractivity (Wildman–Crippen MR) is 75.8 cm³/mol. The molecule has 1 heterocycles. The van der Waals surface area contributed by atoms with Crippen molar-refractivity contribution in [3.63, 3.8) is 0 Å². The standard InChI is InChI=1S/C15H23NOS/c1-10-16-13(9-18-10)8-11-7-12(15(2,3)4)5-6-14(11)17/h9,11-12H,5-8H2,1-4H3. The van der Waals surface area contributed by atoms with Crippen molar-refractivity contribution in [2.45, 2.75) is 53.4 Å². The molecule has 0 amide bonds. The summed E-state index contributed by atoms with van der Waals surface area (Å²) >= 11 is 1.68. The van der Waals surface area contributed by atoms with Crippen LogP contribution < -0.4 is 0 Å². The highest BCUT2D eigenvalue weighted by atomic mass is 32.1. The normalized spacial score (nSPS) is 25.4. The van der Waals surface area contributed by atoms with E-state index < -0.39 is 0 Å². The number of carbonyl (C=O) groups is 1. The van der Waals surface area contributed by atoms with Crippen LogP contribution in [-0.4, -0.2) is 10.8 Å². The lowest BCUT2D eigenvalue weighted by Gasteiger charge is -2.36. The van der Waals surface area contributed by atoms with E-state index in [-0.39, 0.29) is 5.92 Å². The van der Waals surface area contributed by atoms with E-state index in [1.807, 2.05) is 6.92 Å². The Morgan fingerprint density at radius 1 is 1.44 bits per heavy atom. The third kappa shape index (κ3) is 3.19. The van der Waals surface area contributed by atoms with E-state index >= 15 is 0 Å². The van der Waals surface area contributed by atoms with Gasteiger partial charge in [0.2, 0.25) is 0 Å². The van der Waals surface area contributed by atoms with Crippen LogP contribution in [0.1, 0.15) is 50.7 Å². The van der Waals surface area contributed by atoms with E-state index in [2.05, 4.69) is 31.1 Å². The molecule has 1 aromatic rings. The minimum absolute atomic E-state index is 0.199. The van der Waals surface area contributed by atoms with Gasteiger partial charge >= 0.3 is 0 Å². The maximum atomic E-state index is 12.1. The van der Waals surface area contributed by atoms with E-state index in [1.54, 1.807) is 11.3 Å². The zero-order valence-corrected chi connectivity index (χ0v) is 12.6. The molecule has 0 bridgehead atoms. The van der Waals surface area contributed by atoms with E-state index in [4.69, 9.17) is 0 Å². The SMILES string of the molecule is Cc1nc(CC2CC(C(C)(C)C)CCC2=O)cs1. The smallest absolute Gasteiger partial charge is 0.136 e. The molecule has 100 valence electrons. The molecule has 3 heteroatoms. The molecule has 0 aliphatic heterocycles. The quantitative estimate of drug-likeness (QED) is 0.808. The first kappa shape index (κ1) is 13.7. The van der Waals surface area contributed by atoms with Crippen LogP contribution in [0.2, 0.25) is 0 Å². The first-order chi connectivity index (χ1) is 8.36. The third-order valence-corrected chi connectivity index (χ3v) is 4.93. The van der Waals surface area contributed by atoms with E-state index in [0.29, 0.717) is 17.1 Å². The van der Waals surface area contributed by atoms with Gasteiger partial charge in [0.25, 0.3) is 0 Å². The Balaban J connectivity index is 2.04. The van der Waals surface area contributed by atoms with Gasteiger partial charge in [0.05, 0.1) is 10.7 Å². The van der Waals surface area contributed by atoms with E-state index in [9.17, 15) is 4.79 Å². The Labute approximate surface area is 114 Å². The molecule has 2 unspecified atom stereocenters. The van der Waals surface area contributed by atoms with Crippen molar-refractivity contribution in [2.75, 3.05) is 0 Å². The van der Waals surface area contributed by atoms with Gasteiger partial charge in [-0.25, -0.2) is 4.98 Å². The maximum Gasteiger partial charge on any atom is 0.136 e. The molecule has 0 spiro atoms. The van der Waals surface area contributed by atoms with Gasteiger partial charge in [-0.2, -0.15) is 0 Å². The minimum atomic E-state index is 0.199. The van der Waals surface area contributed by atoms with E-state index in [0.717, 1.165) is 36.4 Å². The number of aromatic nitrogens is 1. The molecule has 2 atom stereocenters. The summed E-state index contributed by atoms with van der Waals surface area (Å²) in [7, 11) is 0. The van der Waals surface area contributed by atoms with Crippen molar-refractivity contribution in [3.8, 4) is 0 Å². The first-order valence-corrected chi connectivity index (χ1v) is 7.68. The van der Waals surface area contributed by atoms with Crippen LogP contribution >= 0.6 is 11.3 Å². The third-order valence-electron chi connectivity index (χ3n) is 4.11. The van der Waals surface area contributed by atoms with Crippen molar-refractivity contribution in [1.29, 1.82) is 0 Å². The van der Waals surface area contributed by atoms with Gasteiger partial charge in [0.15, 0.2) is 0 Å². The summed E-state index contributed by atoms with van der Waals surface area (Å²) in [5.41, 5.74) is 1.42. The largest absolute Gasteiger partial charge is 0.299 e. The summed E-state index contributed by atoms with van der Waals surface area (Å²) in [6, 6.07) is 0. The fourth-order valence-electron chi connectivity index (χ4n) is 2.85. The van der Waals surface area contributed by atoms with Crippen molar-refractivity contribution in [1.82, 2.24) is 4.98 Å². The molecule has 0 radical (unpaired) electrons. The van der Waals surface area contributed by atoms with Crippen molar-refractivity contribution in [2.24, 2.45) is 17.3 Å². The summed E-state index contributed by atoms with van der Waals surface area (Å²) in [5.74, 6) is 1.31. The van der Waals surface area contributed by atoms with Crippen LogP contribution in [0.15, 0.2) is 5.38 Å². The summed E-state index contributed by atoms with van der Waals surface area (Å²) in [4.78, 5) is 16.5. The Bertz CT molecular complexity index is 430. The molecule has 0 saturated heterocycles. The zero-order chi connectivity index (χ0) is 13.3. The average molecular weight is 265 g/mol. The van der Waals surface area contributed by atoms with Crippen LogP contribution in [0, 0.1) is 24.2 Å². The van der Waals surface area contributed by atoms with Gasteiger partial charge in [0.1, 0.15) is 5.78 Å². The molecule has 2 nitrogen and oxygen atoms in total. The topological polar surface area (TPSA) is 30.0 Å². The van der Waals surface area contributed by atoms with Crippen molar-refractivity contribution in [3.05, 3.63) is 16.1 Å². The summed E-state index contributed by atoms with van der Waals surface area (Å²) in [6.07, 6.45) is 3.71. The van der Waals surface area contributed by atoms with Gasteiger partial charge in [-0.3, -0.25) is 4.79 Å². The highest BCUT2D eigenvalue weighted by Crippen LogP contribution is 2.39. The van der Waals surface area contributed by atoms with Crippen molar-refractivity contribution < 1.29 is 4.79 Å². The van der Waals surface area contributed by atoms with Gasteiger partial charge in [-0.1, -0.05) is 20.8 Å². The van der Waals surface area contributed by atoms with Gasteiger partial charge in [-0.05, 0) is 31.1 Å². The van der Waals surface area contributed by atoms with Crippen LogP contribution in [0.4, 0.5) is 0 Å². The monoisotopic (exact) mass is 265 g/mol. The second-order valence-corrected chi connectivity index (χ2v) is 7.62. The van der Waals surface area contributed by atoms with E-state index in [1.165, 1.54) is 0 Å². The number of hydrogen-bond acceptors (Lipinski definition) is 3. The molecule has 2 rings (SSSR count). The number of rotatable bonds is 2. The highest BCUT2D eigenvalue weighted by molar-refractivity contribution is 7.09. The molecule has 1 aliphatic rings. The van der Waals surface area contributed by atoms with Crippen LogP contribution in [0.5, 0.6) is 0 Å². The molecule has 1 aromatic heterocycles. The molecular formula is C15H23NOS. The van der Waals surface area contributed by atoms with Crippen LogP contribution in [-0.2, 0) is 11.2 Å². The molecule has 0 N–H and O–H groups in total. The molecule has 0 aromatic carbocycles. The number of aryl methyl sites for hydroxylation is 1. The Hall–Kier alpha value is -0.700. The Morgan fingerprint density at radius 2 is 2.17 bits per heavy atom. The molecule has 1 fully saturated rings. The first-order valence-electron chi connectivity index (χ1n) is 6.80. The van der Waals surface area contributed by atoms with Crippen molar-refractivity contribution >= 4 is 17.1 Å². The average Bonchev–Trinajstić information content (AvgIpc) is 2.66. The second kappa shape index (κ2) is 5.12.